The molecule has 0 N–H and O–H groups in total. The highest BCUT2D eigenvalue weighted by Crippen LogP contribution is 2.50. The molecule has 0 saturated carbocycles. The Morgan fingerprint density at radius 3 is 1.73 bits per heavy atom. The van der Waals surface area contributed by atoms with Gasteiger partial charge >= 0.3 is 0 Å². The number of nitriles is 1. The summed E-state index contributed by atoms with van der Waals surface area (Å²) in [6, 6.07) is 29.6. The molecule has 0 radical (unpaired) electrons. The second-order valence-electron chi connectivity index (χ2n) is 5.67. The van der Waals surface area contributed by atoms with Crippen LogP contribution in [-0.2, 0) is 0 Å². The summed E-state index contributed by atoms with van der Waals surface area (Å²) in [5.74, 6) is -0.0502. The van der Waals surface area contributed by atoms with Crippen LogP contribution in [0.4, 0.5) is 0 Å². The molecule has 104 valence electrons. The molecule has 0 fully saturated rings. The minimum atomic E-state index is -0.161. The molecule has 1 heteroatoms. The van der Waals surface area contributed by atoms with Crippen LogP contribution in [0.1, 0.15) is 28.5 Å². The third-order valence-corrected chi connectivity index (χ3v) is 4.51. The maximum atomic E-state index is 9.84. The number of hydrogen-bond donors (Lipinski definition) is 0. The van der Waals surface area contributed by atoms with Crippen molar-refractivity contribution in [2.75, 3.05) is 0 Å². The summed E-state index contributed by atoms with van der Waals surface area (Å²) in [7, 11) is 0. The van der Waals surface area contributed by atoms with Gasteiger partial charge in [0, 0.05) is 5.92 Å². The maximum Gasteiger partial charge on any atom is 0.0822 e. The normalized spacial score (nSPS) is 14.0. The second kappa shape index (κ2) is 5.16. The van der Waals surface area contributed by atoms with E-state index >= 15 is 0 Å². The van der Waals surface area contributed by atoms with E-state index in [4.69, 9.17) is 0 Å². The van der Waals surface area contributed by atoms with Gasteiger partial charge in [0.15, 0.2) is 0 Å². The van der Waals surface area contributed by atoms with Crippen LogP contribution in [0, 0.1) is 11.3 Å². The predicted molar refractivity (Wildman–Crippen MR) is 88.5 cm³/mol. The van der Waals surface area contributed by atoms with Crippen molar-refractivity contribution in [3.63, 3.8) is 0 Å². The lowest BCUT2D eigenvalue weighted by Crippen LogP contribution is -2.08. The minimum absolute atomic E-state index is 0.111. The van der Waals surface area contributed by atoms with Gasteiger partial charge in [0.25, 0.3) is 0 Å². The molecule has 0 spiro atoms. The van der Waals surface area contributed by atoms with E-state index in [2.05, 4.69) is 66.7 Å². The molecule has 22 heavy (non-hydrogen) atoms. The first kappa shape index (κ1) is 12.9. The minimum Gasteiger partial charge on any atom is -0.198 e. The summed E-state index contributed by atoms with van der Waals surface area (Å²) >= 11 is 0. The third-order valence-electron chi connectivity index (χ3n) is 4.51. The number of nitrogens with zero attached hydrogens (tertiary/aromatic N) is 1. The second-order valence-corrected chi connectivity index (χ2v) is 5.67. The molecular weight excluding hydrogens is 266 g/mol. The average molecular weight is 281 g/mol. The quantitative estimate of drug-likeness (QED) is 0.640. The van der Waals surface area contributed by atoms with Crippen LogP contribution >= 0.6 is 0 Å². The van der Waals surface area contributed by atoms with Gasteiger partial charge < -0.3 is 0 Å². The van der Waals surface area contributed by atoms with Crippen LogP contribution in [-0.4, -0.2) is 0 Å². The molecule has 3 aromatic rings. The first-order valence-electron chi connectivity index (χ1n) is 7.53. The third kappa shape index (κ3) is 1.85. The van der Waals surface area contributed by atoms with Crippen LogP contribution in [0.15, 0.2) is 78.9 Å². The Hall–Kier alpha value is -2.85. The summed E-state index contributed by atoms with van der Waals surface area (Å²) in [5.41, 5.74) is 6.14. The highest BCUT2D eigenvalue weighted by molar-refractivity contribution is 5.79. The van der Waals surface area contributed by atoms with Gasteiger partial charge in [0.2, 0.25) is 0 Å². The van der Waals surface area contributed by atoms with Crippen LogP contribution < -0.4 is 0 Å². The van der Waals surface area contributed by atoms with Crippen molar-refractivity contribution < 1.29 is 0 Å². The van der Waals surface area contributed by atoms with Gasteiger partial charge in [0.1, 0.15) is 0 Å². The van der Waals surface area contributed by atoms with E-state index in [0.29, 0.717) is 0 Å². The van der Waals surface area contributed by atoms with Crippen molar-refractivity contribution in [1.82, 2.24) is 0 Å². The van der Waals surface area contributed by atoms with Gasteiger partial charge in [-0.3, -0.25) is 0 Å². The SMILES string of the molecule is N#CC(c1ccccc1)C1c2ccccc2-c2ccccc21. The summed E-state index contributed by atoms with van der Waals surface area (Å²) in [4.78, 5) is 0. The molecule has 1 atom stereocenters. The van der Waals surface area contributed by atoms with Gasteiger partial charge in [-0.25, -0.2) is 0 Å². The molecule has 0 aliphatic heterocycles. The summed E-state index contributed by atoms with van der Waals surface area (Å²) in [5, 5.41) is 9.84. The maximum absolute atomic E-state index is 9.84. The van der Waals surface area contributed by atoms with E-state index in [9.17, 15) is 5.26 Å². The zero-order chi connectivity index (χ0) is 14.9. The molecular formula is C21H15N. The topological polar surface area (TPSA) is 23.8 Å². The molecule has 1 nitrogen and oxygen atoms in total. The lowest BCUT2D eigenvalue weighted by atomic mass is 9.81. The monoisotopic (exact) mass is 281 g/mol. The summed E-state index contributed by atoms with van der Waals surface area (Å²) < 4.78 is 0. The Morgan fingerprint density at radius 1 is 0.682 bits per heavy atom. The lowest BCUT2D eigenvalue weighted by molar-refractivity contribution is 0.742. The van der Waals surface area contributed by atoms with Crippen molar-refractivity contribution in [2.24, 2.45) is 0 Å². The Kier molecular flexibility index (Phi) is 3.02. The molecule has 1 aliphatic carbocycles. The van der Waals surface area contributed by atoms with E-state index in [0.717, 1.165) is 5.56 Å². The highest BCUT2D eigenvalue weighted by Gasteiger charge is 2.34. The molecule has 1 aliphatic rings. The standard InChI is InChI=1S/C21H15N/c22-14-20(15-8-2-1-3-9-15)21-18-12-6-4-10-16(18)17-11-5-7-13-19(17)21/h1-13,20-21H. The Balaban J connectivity index is 1.93. The van der Waals surface area contributed by atoms with Crippen molar-refractivity contribution >= 4 is 0 Å². The van der Waals surface area contributed by atoms with Gasteiger partial charge in [-0.2, -0.15) is 5.26 Å². The molecule has 4 rings (SSSR count). The predicted octanol–water partition coefficient (Wildman–Crippen LogP) is 5.11. The number of hydrogen-bond acceptors (Lipinski definition) is 1. The Bertz CT molecular complexity index is 813. The zero-order valence-electron chi connectivity index (χ0n) is 12.1. The van der Waals surface area contributed by atoms with Gasteiger partial charge in [-0.05, 0) is 27.8 Å². The molecule has 0 saturated heterocycles. The molecule has 0 heterocycles. The van der Waals surface area contributed by atoms with Crippen molar-refractivity contribution in [2.45, 2.75) is 11.8 Å². The fraction of sp³-hybridized carbons (Fsp3) is 0.0952. The fourth-order valence-electron chi connectivity index (χ4n) is 3.56. The number of rotatable bonds is 2. The van der Waals surface area contributed by atoms with Crippen LogP contribution in [0.2, 0.25) is 0 Å². The first-order chi connectivity index (χ1) is 10.9. The molecule has 0 bridgehead atoms. The zero-order valence-corrected chi connectivity index (χ0v) is 12.1. The van der Waals surface area contributed by atoms with Crippen molar-refractivity contribution in [3.8, 4) is 17.2 Å². The van der Waals surface area contributed by atoms with E-state index in [1.165, 1.54) is 22.3 Å². The van der Waals surface area contributed by atoms with E-state index in [-0.39, 0.29) is 11.8 Å². The molecule has 1 unspecified atom stereocenters. The summed E-state index contributed by atoms with van der Waals surface area (Å²) in [6.45, 7) is 0. The Labute approximate surface area is 130 Å². The van der Waals surface area contributed by atoms with Crippen molar-refractivity contribution in [3.05, 3.63) is 95.6 Å². The van der Waals surface area contributed by atoms with E-state index < -0.39 is 0 Å². The molecule has 0 aromatic heterocycles. The van der Waals surface area contributed by atoms with Crippen LogP contribution in [0.3, 0.4) is 0 Å². The van der Waals surface area contributed by atoms with E-state index in [1.54, 1.807) is 0 Å². The van der Waals surface area contributed by atoms with Crippen LogP contribution in [0.25, 0.3) is 11.1 Å². The first-order valence-corrected chi connectivity index (χ1v) is 7.53. The Morgan fingerprint density at radius 2 is 1.18 bits per heavy atom. The summed E-state index contributed by atoms with van der Waals surface area (Å²) in [6.07, 6.45) is 0. The van der Waals surface area contributed by atoms with Gasteiger partial charge in [-0.1, -0.05) is 78.9 Å². The number of benzene rings is 3. The largest absolute Gasteiger partial charge is 0.198 e. The fourth-order valence-corrected chi connectivity index (χ4v) is 3.56. The van der Waals surface area contributed by atoms with Gasteiger partial charge in [0.05, 0.1) is 12.0 Å². The average Bonchev–Trinajstić information content (AvgIpc) is 2.92. The highest BCUT2D eigenvalue weighted by atomic mass is 14.4. The van der Waals surface area contributed by atoms with Crippen molar-refractivity contribution in [1.29, 1.82) is 5.26 Å². The van der Waals surface area contributed by atoms with E-state index in [1.807, 2.05) is 18.2 Å². The van der Waals surface area contributed by atoms with Crippen LogP contribution in [0.5, 0.6) is 0 Å². The van der Waals surface area contributed by atoms with Gasteiger partial charge in [-0.15, -0.1) is 0 Å². The molecule has 0 amide bonds. The number of fused-ring (bicyclic) bond motifs is 3. The lowest BCUT2D eigenvalue weighted by Gasteiger charge is -2.20. The molecule has 3 aromatic carbocycles. The smallest absolute Gasteiger partial charge is 0.0822 e.